The van der Waals surface area contributed by atoms with E-state index in [1.165, 1.54) is 0 Å². The van der Waals surface area contributed by atoms with E-state index in [9.17, 15) is 9.59 Å². The molecule has 0 fully saturated rings. The maximum atomic E-state index is 11.5. The summed E-state index contributed by atoms with van der Waals surface area (Å²) in [5.74, 6) is -0.495. The standard InChI is InChI=1S/C15H26O4/c1-6-18-13(16)12(2)10-8-7-9-11-19-14(17)15(3,4)5/h2,6-11H2,1,3-5H3. The fourth-order valence-corrected chi connectivity index (χ4v) is 1.33. The number of unbranched alkanes of at least 4 members (excludes halogenated alkanes) is 2. The Kier molecular flexibility index (Phi) is 8.12. The van der Waals surface area contributed by atoms with Gasteiger partial charge in [0.05, 0.1) is 18.6 Å². The van der Waals surface area contributed by atoms with Crippen molar-refractivity contribution >= 4 is 11.9 Å². The molecular weight excluding hydrogens is 244 g/mol. The van der Waals surface area contributed by atoms with E-state index in [0.29, 0.717) is 25.2 Å². The van der Waals surface area contributed by atoms with Gasteiger partial charge >= 0.3 is 11.9 Å². The van der Waals surface area contributed by atoms with Crippen LogP contribution in [0.2, 0.25) is 0 Å². The Hall–Kier alpha value is -1.32. The van der Waals surface area contributed by atoms with Crippen LogP contribution in [0.25, 0.3) is 0 Å². The Labute approximate surface area is 116 Å². The second-order valence-electron chi connectivity index (χ2n) is 5.52. The van der Waals surface area contributed by atoms with Crippen LogP contribution < -0.4 is 0 Å². The lowest BCUT2D eigenvalue weighted by atomic mass is 9.97. The molecule has 0 N–H and O–H groups in total. The summed E-state index contributed by atoms with van der Waals surface area (Å²) in [7, 11) is 0. The van der Waals surface area contributed by atoms with Gasteiger partial charge in [-0.15, -0.1) is 0 Å². The fraction of sp³-hybridized carbons (Fsp3) is 0.733. The monoisotopic (exact) mass is 270 g/mol. The third-order valence-electron chi connectivity index (χ3n) is 2.53. The van der Waals surface area contributed by atoms with Crippen LogP contribution in [-0.2, 0) is 19.1 Å². The van der Waals surface area contributed by atoms with Gasteiger partial charge in [0.25, 0.3) is 0 Å². The van der Waals surface area contributed by atoms with Crippen LogP contribution in [0.15, 0.2) is 12.2 Å². The Morgan fingerprint density at radius 2 is 1.68 bits per heavy atom. The largest absolute Gasteiger partial charge is 0.465 e. The average molecular weight is 270 g/mol. The number of rotatable bonds is 8. The maximum absolute atomic E-state index is 11.5. The lowest BCUT2D eigenvalue weighted by Crippen LogP contribution is -2.23. The SMILES string of the molecule is C=C(CCCCCOC(=O)C(C)(C)C)C(=O)OCC. The molecule has 0 aliphatic carbocycles. The van der Waals surface area contributed by atoms with E-state index in [1.54, 1.807) is 6.92 Å². The Morgan fingerprint density at radius 3 is 2.21 bits per heavy atom. The number of carbonyl (C=O) groups is 2. The molecule has 0 saturated carbocycles. The van der Waals surface area contributed by atoms with E-state index in [-0.39, 0.29) is 11.9 Å². The topological polar surface area (TPSA) is 52.6 Å². The third-order valence-corrected chi connectivity index (χ3v) is 2.53. The van der Waals surface area contributed by atoms with Crippen LogP contribution in [0.1, 0.15) is 53.4 Å². The highest BCUT2D eigenvalue weighted by Gasteiger charge is 2.22. The first-order chi connectivity index (χ1) is 8.79. The van der Waals surface area contributed by atoms with Gasteiger partial charge in [-0.3, -0.25) is 4.79 Å². The van der Waals surface area contributed by atoms with Gasteiger partial charge in [0.15, 0.2) is 0 Å². The molecule has 0 bridgehead atoms. The quantitative estimate of drug-likeness (QED) is 0.386. The summed E-state index contributed by atoms with van der Waals surface area (Å²) in [6.07, 6.45) is 3.19. The van der Waals surface area contributed by atoms with Gasteiger partial charge in [0.2, 0.25) is 0 Å². The molecule has 0 aromatic rings. The van der Waals surface area contributed by atoms with Crippen molar-refractivity contribution in [3.8, 4) is 0 Å². The van der Waals surface area contributed by atoms with Gasteiger partial charge in [-0.25, -0.2) is 4.79 Å². The normalized spacial score (nSPS) is 10.9. The number of hydrogen-bond donors (Lipinski definition) is 0. The van der Waals surface area contributed by atoms with Gasteiger partial charge in [0, 0.05) is 5.57 Å². The van der Waals surface area contributed by atoms with Crippen molar-refractivity contribution in [1.82, 2.24) is 0 Å². The van der Waals surface area contributed by atoms with Crippen LogP contribution in [0.4, 0.5) is 0 Å². The molecule has 4 heteroatoms. The molecule has 0 rings (SSSR count). The van der Waals surface area contributed by atoms with E-state index < -0.39 is 5.41 Å². The summed E-state index contributed by atoms with van der Waals surface area (Å²) in [5, 5.41) is 0. The van der Waals surface area contributed by atoms with Crippen molar-refractivity contribution in [3.63, 3.8) is 0 Å². The van der Waals surface area contributed by atoms with Crippen LogP contribution in [0.5, 0.6) is 0 Å². The molecule has 0 saturated heterocycles. The first kappa shape index (κ1) is 17.7. The molecule has 0 aromatic heterocycles. The van der Waals surface area contributed by atoms with E-state index in [2.05, 4.69) is 6.58 Å². The average Bonchev–Trinajstić information content (AvgIpc) is 2.31. The number of hydrogen-bond acceptors (Lipinski definition) is 4. The Bertz CT molecular complexity index is 313. The minimum Gasteiger partial charge on any atom is -0.465 e. The minimum absolute atomic E-state index is 0.177. The van der Waals surface area contributed by atoms with Crippen LogP contribution in [0.3, 0.4) is 0 Å². The Morgan fingerprint density at radius 1 is 1.05 bits per heavy atom. The predicted molar refractivity (Wildman–Crippen MR) is 74.7 cm³/mol. The molecule has 110 valence electrons. The van der Waals surface area contributed by atoms with Crippen molar-refractivity contribution < 1.29 is 19.1 Å². The molecule has 0 heterocycles. The second-order valence-corrected chi connectivity index (χ2v) is 5.52. The number of esters is 2. The van der Waals surface area contributed by atoms with E-state index >= 15 is 0 Å². The molecule has 0 aliphatic rings. The van der Waals surface area contributed by atoms with E-state index in [1.807, 2.05) is 20.8 Å². The van der Waals surface area contributed by atoms with Gasteiger partial charge < -0.3 is 9.47 Å². The highest BCUT2D eigenvalue weighted by molar-refractivity contribution is 5.87. The lowest BCUT2D eigenvalue weighted by Gasteiger charge is -2.16. The Balaban J connectivity index is 3.59. The molecule has 0 radical (unpaired) electrons. The highest BCUT2D eigenvalue weighted by atomic mass is 16.5. The second kappa shape index (κ2) is 8.73. The number of ether oxygens (including phenoxy) is 2. The summed E-state index contributed by atoms with van der Waals surface area (Å²) in [5.41, 5.74) is 0.0617. The van der Waals surface area contributed by atoms with Crippen LogP contribution >= 0.6 is 0 Å². The zero-order valence-corrected chi connectivity index (χ0v) is 12.6. The maximum Gasteiger partial charge on any atom is 0.333 e. The first-order valence-corrected chi connectivity index (χ1v) is 6.81. The van der Waals surface area contributed by atoms with Crippen molar-refractivity contribution in [2.45, 2.75) is 53.4 Å². The molecule has 0 amide bonds. The zero-order valence-electron chi connectivity index (χ0n) is 12.6. The summed E-state index contributed by atoms with van der Waals surface area (Å²) < 4.78 is 9.99. The predicted octanol–water partition coefficient (Wildman–Crippen LogP) is 3.26. The summed E-state index contributed by atoms with van der Waals surface area (Å²) in [4.78, 5) is 22.7. The lowest BCUT2D eigenvalue weighted by molar-refractivity contribution is -0.153. The fourth-order valence-electron chi connectivity index (χ4n) is 1.33. The van der Waals surface area contributed by atoms with E-state index in [4.69, 9.17) is 9.47 Å². The number of carbonyl (C=O) groups excluding carboxylic acids is 2. The van der Waals surface area contributed by atoms with Crippen LogP contribution in [-0.4, -0.2) is 25.2 Å². The van der Waals surface area contributed by atoms with E-state index in [0.717, 1.165) is 19.3 Å². The van der Waals surface area contributed by atoms with Crippen molar-refractivity contribution in [2.24, 2.45) is 5.41 Å². The summed E-state index contributed by atoms with van der Waals surface area (Å²) in [6, 6.07) is 0. The molecule has 19 heavy (non-hydrogen) atoms. The molecule has 0 aromatic carbocycles. The first-order valence-electron chi connectivity index (χ1n) is 6.81. The molecule has 4 nitrogen and oxygen atoms in total. The third kappa shape index (κ3) is 8.41. The molecular formula is C15H26O4. The van der Waals surface area contributed by atoms with Crippen molar-refractivity contribution in [1.29, 1.82) is 0 Å². The molecule has 0 aliphatic heterocycles. The van der Waals surface area contributed by atoms with Gasteiger partial charge in [-0.2, -0.15) is 0 Å². The summed E-state index contributed by atoms with van der Waals surface area (Å²) in [6.45, 7) is 11.8. The zero-order chi connectivity index (χ0) is 14.9. The molecule has 0 spiro atoms. The van der Waals surface area contributed by atoms with Gasteiger partial charge in [0.1, 0.15) is 0 Å². The smallest absolute Gasteiger partial charge is 0.333 e. The molecule has 0 unspecified atom stereocenters. The summed E-state index contributed by atoms with van der Waals surface area (Å²) >= 11 is 0. The van der Waals surface area contributed by atoms with Gasteiger partial charge in [-0.05, 0) is 53.4 Å². The van der Waals surface area contributed by atoms with Crippen LogP contribution in [0, 0.1) is 5.41 Å². The van der Waals surface area contributed by atoms with Crippen molar-refractivity contribution in [3.05, 3.63) is 12.2 Å². The van der Waals surface area contributed by atoms with Gasteiger partial charge in [-0.1, -0.05) is 6.58 Å². The highest BCUT2D eigenvalue weighted by Crippen LogP contribution is 2.15. The minimum atomic E-state index is -0.446. The van der Waals surface area contributed by atoms with Crippen molar-refractivity contribution in [2.75, 3.05) is 13.2 Å². The molecule has 0 atom stereocenters.